The topological polar surface area (TPSA) is 12.0 Å². The minimum absolute atomic E-state index is 0.190. The fourth-order valence-electron chi connectivity index (χ4n) is 3.78. The van der Waals surface area contributed by atoms with E-state index in [9.17, 15) is 8.78 Å². The van der Waals surface area contributed by atoms with E-state index < -0.39 is 11.6 Å². The second kappa shape index (κ2) is 4.77. The zero-order valence-electron chi connectivity index (χ0n) is 12.2. The molecule has 0 radical (unpaired) electrons. The molecule has 1 aromatic rings. The highest BCUT2D eigenvalue weighted by atomic mass is 19.2. The van der Waals surface area contributed by atoms with Gasteiger partial charge in [0.05, 0.1) is 5.69 Å². The Morgan fingerprint density at radius 2 is 1.63 bits per heavy atom. The Morgan fingerprint density at radius 1 is 1.05 bits per heavy atom. The number of anilines is 1. The summed E-state index contributed by atoms with van der Waals surface area (Å²) in [5.41, 5.74) is 0.727. The zero-order chi connectivity index (χ0) is 14.3. The first-order chi connectivity index (χ1) is 8.69. The van der Waals surface area contributed by atoms with Crippen LogP contribution in [0.2, 0.25) is 0 Å². The molecule has 1 aromatic carbocycles. The molecule has 0 amide bonds. The lowest BCUT2D eigenvalue weighted by atomic mass is 9.63. The lowest BCUT2D eigenvalue weighted by Gasteiger charge is -2.45. The van der Waals surface area contributed by atoms with Gasteiger partial charge in [0.1, 0.15) is 0 Å². The van der Waals surface area contributed by atoms with Gasteiger partial charge in [-0.25, -0.2) is 8.78 Å². The van der Waals surface area contributed by atoms with Gasteiger partial charge >= 0.3 is 0 Å². The second-order valence-corrected chi connectivity index (χ2v) is 7.36. The molecule has 0 aliphatic heterocycles. The third-order valence-corrected chi connectivity index (χ3v) is 3.87. The van der Waals surface area contributed by atoms with Gasteiger partial charge in [0.15, 0.2) is 11.6 Å². The molecule has 0 spiro atoms. The SMILES string of the molecule is CC1(C)CC(Nc2cccc(F)c2F)CC(C)(C)C1. The molecule has 0 atom stereocenters. The van der Waals surface area contributed by atoms with E-state index in [-0.39, 0.29) is 22.6 Å². The van der Waals surface area contributed by atoms with Crippen molar-refractivity contribution in [2.45, 2.75) is 53.0 Å². The molecular formula is C16H23F2N. The van der Waals surface area contributed by atoms with E-state index in [0.717, 1.165) is 25.3 Å². The van der Waals surface area contributed by atoms with Gasteiger partial charge in [0.2, 0.25) is 0 Å². The molecule has 2 rings (SSSR count). The molecular weight excluding hydrogens is 244 g/mol. The van der Waals surface area contributed by atoms with E-state index in [4.69, 9.17) is 0 Å². The number of nitrogens with one attached hydrogen (secondary N) is 1. The Morgan fingerprint density at radius 3 is 2.21 bits per heavy atom. The standard InChI is InChI=1S/C16H23F2N/c1-15(2)8-11(9-16(3,4)10-15)19-13-7-5-6-12(17)14(13)18/h5-7,11,19H,8-10H2,1-4H3. The molecule has 106 valence electrons. The minimum atomic E-state index is -0.792. The van der Waals surface area contributed by atoms with Crippen LogP contribution < -0.4 is 5.32 Å². The summed E-state index contributed by atoms with van der Waals surface area (Å²) in [6.07, 6.45) is 3.11. The van der Waals surface area contributed by atoms with Gasteiger partial charge < -0.3 is 5.32 Å². The van der Waals surface area contributed by atoms with Crippen LogP contribution in [-0.2, 0) is 0 Å². The van der Waals surface area contributed by atoms with Crippen LogP contribution in [0.1, 0.15) is 47.0 Å². The van der Waals surface area contributed by atoms with E-state index in [1.54, 1.807) is 12.1 Å². The highest BCUT2D eigenvalue weighted by Crippen LogP contribution is 2.46. The van der Waals surface area contributed by atoms with Crippen LogP contribution in [-0.4, -0.2) is 6.04 Å². The monoisotopic (exact) mass is 267 g/mol. The predicted molar refractivity (Wildman–Crippen MR) is 75.2 cm³/mol. The molecule has 1 aliphatic rings. The number of benzene rings is 1. The third-order valence-electron chi connectivity index (χ3n) is 3.87. The summed E-state index contributed by atoms with van der Waals surface area (Å²) in [7, 11) is 0. The molecule has 3 heteroatoms. The quantitative estimate of drug-likeness (QED) is 0.796. The number of hydrogen-bond acceptors (Lipinski definition) is 1. The largest absolute Gasteiger partial charge is 0.380 e. The molecule has 0 bridgehead atoms. The van der Waals surface area contributed by atoms with Crippen LogP contribution in [0.15, 0.2) is 18.2 Å². The van der Waals surface area contributed by atoms with Gasteiger partial charge in [0, 0.05) is 6.04 Å². The first kappa shape index (κ1) is 14.3. The first-order valence-corrected chi connectivity index (χ1v) is 6.89. The summed E-state index contributed by atoms with van der Waals surface area (Å²) < 4.78 is 26.9. The van der Waals surface area contributed by atoms with Crippen molar-refractivity contribution in [3.63, 3.8) is 0 Å². The summed E-state index contributed by atoms with van der Waals surface area (Å²) in [6, 6.07) is 4.48. The Bertz CT molecular complexity index is 450. The van der Waals surface area contributed by atoms with E-state index in [0.29, 0.717) is 0 Å². The first-order valence-electron chi connectivity index (χ1n) is 6.89. The molecule has 1 saturated carbocycles. The maximum absolute atomic E-state index is 13.7. The zero-order valence-corrected chi connectivity index (χ0v) is 12.2. The summed E-state index contributed by atoms with van der Waals surface area (Å²) in [4.78, 5) is 0. The average molecular weight is 267 g/mol. The van der Waals surface area contributed by atoms with Gasteiger partial charge in [-0.1, -0.05) is 33.8 Å². The summed E-state index contributed by atoms with van der Waals surface area (Å²) in [5.74, 6) is -1.57. The number of rotatable bonds is 2. The van der Waals surface area contributed by atoms with Crippen molar-refractivity contribution in [3.05, 3.63) is 29.8 Å². The van der Waals surface area contributed by atoms with Crippen molar-refractivity contribution in [2.24, 2.45) is 10.8 Å². The average Bonchev–Trinajstić information content (AvgIpc) is 2.20. The number of hydrogen-bond donors (Lipinski definition) is 1. The minimum Gasteiger partial charge on any atom is -0.380 e. The van der Waals surface area contributed by atoms with Crippen molar-refractivity contribution in [1.29, 1.82) is 0 Å². The van der Waals surface area contributed by atoms with E-state index in [2.05, 4.69) is 33.0 Å². The summed E-state index contributed by atoms with van der Waals surface area (Å²) in [6.45, 7) is 8.96. The van der Waals surface area contributed by atoms with Gasteiger partial charge in [0.25, 0.3) is 0 Å². The maximum atomic E-state index is 13.7. The Hall–Kier alpha value is -1.12. The smallest absolute Gasteiger partial charge is 0.181 e. The Balaban J connectivity index is 2.16. The van der Waals surface area contributed by atoms with Crippen molar-refractivity contribution < 1.29 is 8.78 Å². The normalized spacial score (nSPS) is 22.2. The van der Waals surface area contributed by atoms with Crippen molar-refractivity contribution >= 4 is 5.69 Å². The van der Waals surface area contributed by atoms with E-state index in [1.807, 2.05) is 0 Å². The second-order valence-electron chi connectivity index (χ2n) is 7.36. The van der Waals surface area contributed by atoms with Crippen LogP contribution in [0.4, 0.5) is 14.5 Å². The van der Waals surface area contributed by atoms with Gasteiger partial charge in [-0.3, -0.25) is 0 Å². The lowest BCUT2D eigenvalue weighted by Crippen LogP contribution is -2.40. The number of halogens is 2. The van der Waals surface area contributed by atoms with E-state index >= 15 is 0 Å². The maximum Gasteiger partial charge on any atom is 0.181 e. The van der Waals surface area contributed by atoms with Crippen LogP contribution in [0.5, 0.6) is 0 Å². The van der Waals surface area contributed by atoms with Crippen LogP contribution in [0.25, 0.3) is 0 Å². The van der Waals surface area contributed by atoms with Gasteiger partial charge in [-0.05, 0) is 42.2 Å². The highest BCUT2D eigenvalue weighted by molar-refractivity contribution is 5.46. The van der Waals surface area contributed by atoms with Crippen molar-refractivity contribution in [1.82, 2.24) is 0 Å². The lowest BCUT2D eigenvalue weighted by molar-refractivity contribution is 0.105. The molecule has 0 saturated heterocycles. The van der Waals surface area contributed by atoms with Crippen LogP contribution in [0.3, 0.4) is 0 Å². The van der Waals surface area contributed by atoms with Crippen LogP contribution >= 0.6 is 0 Å². The summed E-state index contributed by atoms with van der Waals surface area (Å²) >= 11 is 0. The Labute approximate surface area is 114 Å². The fourth-order valence-corrected chi connectivity index (χ4v) is 3.78. The predicted octanol–water partition coefficient (Wildman–Crippen LogP) is 4.98. The third kappa shape index (κ3) is 3.46. The molecule has 1 N–H and O–H groups in total. The molecule has 0 heterocycles. The van der Waals surface area contributed by atoms with E-state index in [1.165, 1.54) is 0 Å². The van der Waals surface area contributed by atoms with Crippen molar-refractivity contribution in [2.75, 3.05) is 5.32 Å². The molecule has 0 unspecified atom stereocenters. The molecule has 1 aliphatic carbocycles. The fraction of sp³-hybridized carbons (Fsp3) is 0.625. The van der Waals surface area contributed by atoms with Crippen molar-refractivity contribution in [3.8, 4) is 0 Å². The molecule has 1 fully saturated rings. The van der Waals surface area contributed by atoms with Crippen LogP contribution in [0, 0.1) is 22.5 Å². The molecule has 1 nitrogen and oxygen atoms in total. The summed E-state index contributed by atoms with van der Waals surface area (Å²) in [5, 5.41) is 3.19. The highest BCUT2D eigenvalue weighted by Gasteiger charge is 2.38. The van der Waals surface area contributed by atoms with Gasteiger partial charge in [-0.2, -0.15) is 0 Å². The van der Waals surface area contributed by atoms with Gasteiger partial charge in [-0.15, -0.1) is 0 Å². The molecule has 19 heavy (non-hydrogen) atoms. The molecule has 0 aromatic heterocycles. The Kier molecular flexibility index (Phi) is 3.59.